The Morgan fingerprint density at radius 2 is 1.64 bits per heavy atom. The summed E-state index contributed by atoms with van der Waals surface area (Å²) in [5, 5.41) is 1.02. The molecule has 0 atom stereocenters. The molecule has 4 nitrogen and oxygen atoms in total. The number of amides is 1. The van der Waals surface area contributed by atoms with Crippen molar-refractivity contribution < 1.29 is 18.0 Å². The quantitative estimate of drug-likeness (QED) is 0.736. The highest BCUT2D eigenvalue weighted by molar-refractivity contribution is 5.89. The van der Waals surface area contributed by atoms with Crippen molar-refractivity contribution in [2.75, 3.05) is 31.1 Å². The molecular weight excluding hydrogens is 367 g/mol. The van der Waals surface area contributed by atoms with Gasteiger partial charge in [0.05, 0.1) is 12.0 Å². The van der Waals surface area contributed by atoms with Gasteiger partial charge >= 0.3 is 6.18 Å². The maximum atomic E-state index is 13.3. The van der Waals surface area contributed by atoms with E-state index >= 15 is 0 Å². The molecule has 0 radical (unpaired) electrons. The van der Waals surface area contributed by atoms with Crippen molar-refractivity contribution in [3.05, 3.63) is 65.9 Å². The van der Waals surface area contributed by atoms with Gasteiger partial charge in [0.2, 0.25) is 5.91 Å². The largest absolute Gasteiger partial charge is 0.418 e. The van der Waals surface area contributed by atoms with Crippen molar-refractivity contribution in [3.63, 3.8) is 0 Å². The highest BCUT2D eigenvalue weighted by atomic mass is 19.4. The minimum absolute atomic E-state index is 0.00601. The fraction of sp³-hybridized carbons (Fsp3) is 0.286. The highest BCUT2D eigenvalue weighted by Crippen LogP contribution is 2.36. The molecule has 7 heteroatoms. The van der Waals surface area contributed by atoms with Crippen LogP contribution in [0.5, 0.6) is 0 Å². The first-order chi connectivity index (χ1) is 13.4. The number of alkyl halides is 3. The number of benzene rings is 2. The molecule has 0 spiro atoms. The number of hydrogen-bond acceptors (Lipinski definition) is 2. The van der Waals surface area contributed by atoms with E-state index < -0.39 is 11.7 Å². The first-order valence-corrected chi connectivity index (χ1v) is 9.17. The van der Waals surface area contributed by atoms with Crippen LogP contribution in [0.15, 0.2) is 54.7 Å². The summed E-state index contributed by atoms with van der Waals surface area (Å²) in [7, 11) is 0. The Morgan fingerprint density at radius 1 is 0.964 bits per heavy atom. The zero-order chi connectivity index (χ0) is 19.7. The van der Waals surface area contributed by atoms with Crippen LogP contribution in [0.1, 0.15) is 11.1 Å². The summed E-state index contributed by atoms with van der Waals surface area (Å²) in [6, 6.07) is 13.4. The van der Waals surface area contributed by atoms with Crippen molar-refractivity contribution in [2.24, 2.45) is 0 Å². The van der Waals surface area contributed by atoms with Gasteiger partial charge in [-0.15, -0.1) is 0 Å². The molecule has 3 aromatic rings. The van der Waals surface area contributed by atoms with Gasteiger partial charge in [0, 0.05) is 49.0 Å². The average Bonchev–Trinajstić information content (AvgIpc) is 3.10. The molecule has 1 aliphatic rings. The Balaban J connectivity index is 1.43. The van der Waals surface area contributed by atoms with Crippen LogP contribution in [0.2, 0.25) is 0 Å². The molecule has 2 aromatic carbocycles. The van der Waals surface area contributed by atoms with E-state index in [-0.39, 0.29) is 18.0 Å². The summed E-state index contributed by atoms with van der Waals surface area (Å²) >= 11 is 0. The Bertz CT molecular complexity index is 988. The molecule has 1 amide bonds. The molecule has 0 bridgehead atoms. The monoisotopic (exact) mass is 387 g/mol. The number of carbonyl (C=O) groups is 1. The summed E-state index contributed by atoms with van der Waals surface area (Å²) in [5.74, 6) is -0.00601. The minimum Gasteiger partial charge on any atom is -0.367 e. The molecule has 4 rings (SSSR count). The van der Waals surface area contributed by atoms with E-state index in [1.807, 2.05) is 30.5 Å². The summed E-state index contributed by atoms with van der Waals surface area (Å²) in [6.07, 6.45) is -2.26. The molecule has 28 heavy (non-hydrogen) atoms. The van der Waals surface area contributed by atoms with Gasteiger partial charge in [-0.2, -0.15) is 13.2 Å². The molecule has 0 unspecified atom stereocenters. The Kier molecular flexibility index (Phi) is 4.75. The first-order valence-electron chi connectivity index (χ1n) is 9.17. The van der Waals surface area contributed by atoms with Crippen LogP contribution in [0.3, 0.4) is 0 Å². The topological polar surface area (TPSA) is 39.3 Å². The van der Waals surface area contributed by atoms with Gasteiger partial charge in [-0.1, -0.05) is 30.3 Å². The number of nitrogens with one attached hydrogen (secondary N) is 1. The standard InChI is InChI=1S/C21H20F3N3O/c22-21(23,24)17-6-2-4-8-19(17)26-9-11-27(12-10-26)20(28)13-15-14-25-18-7-3-1-5-16(15)18/h1-8,14,25H,9-13H2. The highest BCUT2D eigenvalue weighted by Gasteiger charge is 2.35. The molecule has 1 aliphatic heterocycles. The number of aromatic amines is 1. The van der Waals surface area contributed by atoms with Crippen LogP contribution in [0, 0.1) is 0 Å². The van der Waals surface area contributed by atoms with Crippen LogP contribution in [0.4, 0.5) is 18.9 Å². The lowest BCUT2D eigenvalue weighted by atomic mass is 10.1. The number of fused-ring (bicyclic) bond motifs is 1. The minimum atomic E-state index is -4.39. The van der Waals surface area contributed by atoms with Gasteiger partial charge in [-0.3, -0.25) is 4.79 Å². The fourth-order valence-electron chi connectivity index (χ4n) is 3.74. The van der Waals surface area contributed by atoms with E-state index in [0.717, 1.165) is 22.5 Å². The van der Waals surface area contributed by atoms with Crippen molar-refractivity contribution in [1.82, 2.24) is 9.88 Å². The number of halogens is 3. The van der Waals surface area contributed by atoms with Gasteiger partial charge in [-0.05, 0) is 23.8 Å². The molecule has 2 heterocycles. The van der Waals surface area contributed by atoms with Crippen LogP contribution in [0.25, 0.3) is 10.9 Å². The summed E-state index contributed by atoms with van der Waals surface area (Å²) in [5.41, 5.74) is 1.47. The second-order valence-corrected chi connectivity index (χ2v) is 6.92. The zero-order valence-corrected chi connectivity index (χ0v) is 15.2. The normalized spacial score (nSPS) is 15.2. The molecule has 1 saturated heterocycles. The first kappa shape index (κ1) is 18.4. The van der Waals surface area contributed by atoms with Crippen molar-refractivity contribution in [1.29, 1.82) is 0 Å². The number of para-hydroxylation sites is 2. The number of anilines is 1. The maximum Gasteiger partial charge on any atom is 0.418 e. The predicted octanol–water partition coefficient (Wildman–Crippen LogP) is 4.08. The van der Waals surface area contributed by atoms with Crippen molar-refractivity contribution in [3.8, 4) is 0 Å². The second-order valence-electron chi connectivity index (χ2n) is 6.92. The zero-order valence-electron chi connectivity index (χ0n) is 15.2. The SMILES string of the molecule is O=C(Cc1c[nH]c2ccccc12)N1CCN(c2ccccc2C(F)(F)F)CC1. The van der Waals surface area contributed by atoms with Crippen molar-refractivity contribution in [2.45, 2.75) is 12.6 Å². The smallest absolute Gasteiger partial charge is 0.367 e. The summed E-state index contributed by atoms with van der Waals surface area (Å²) < 4.78 is 39.8. The van der Waals surface area contributed by atoms with Gasteiger partial charge in [0.1, 0.15) is 0 Å². The van der Waals surface area contributed by atoms with Crippen LogP contribution < -0.4 is 4.90 Å². The molecule has 146 valence electrons. The van der Waals surface area contributed by atoms with E-state index in [1.165, 1.54) is 12.1 Å². The van der Waals surface area contributed by atoms with Crippen LogP contribution in [-0.2, 0) is 17.4 Å². The molecule has 0 saturated carbocycles. The van der Waals surface area contributed by atoms with Crippen LogP contribution >= 0.6 is 0 Å². The molecular formula is C21H20F3N3O. The van der Waals surface area contributed by atoms with Crippen LogP contribution in [-0.4, -0.2) is 42.0 Å². The van der Waals surface area contributed by atoms with Gasteiger partial charge in [0.15, 0.2) is 0 Å². The second kappa shape index (κ2) is 7.22. The lowest BCUT2D eigenvalue weighted by Gasteiger charge is -2.37. The molecule has 1 aromatic heterocycles. The fourth-order valence-corrected chi connectivity index (χ4v) is 3.74. The van der Waals surface area contributed by atoms with E-state index in [2.05, 4.69) is 4.98 Å². The summed E-state index contributed by atoms with van der Waals surface area (Å²) in [6.45, 7) is 1.58. The Labute approximate surface area is 160 Å². The molecule has 1 fully saturated rings. The number of rotatable bonds is 3. The van der Waals surface area contributed by atoms with E-state index in [9.17, 15) is 18.0 Å². The predicted molar refractivity (Wildman–Crippen MR) is 102 cm³/mol. The molecule has 0 aliphatic carbocycles. The van der Waals surface area contributed by atoms with E-state index in [1.54, 1.807) is 15.9 Å². The van der Waals surface area contributed by atoms with Crippen molar-refractivity contribution >= 4 is 22.5 Å². The number of nitrogens with zero attached hydrogens (tertiary/aromatic N) is 2. The number of aromatic nitrogens is 1. The third kappa shape index (κ3) is 3.56. The maximum absolute atomic E-state index is 13.3. The Morgan fingerprint density at radius 3 is 2.39 bits per heavy atom. The number of carbonyl (C=O) groups excluding carboxylic acids is 1. The lowest BCUT2D eigenvalue weighted by molar-refractivity contribution is -0.137. The average molecular weight is 387 g/mol. The number of hydrogen-bond donors (Lipinski definition) is 1. The number of piperazine rings is 1. The third-order valence-electron chi connectivity index (χ3n) is 5.20. The summed E-state index contributed by atoms with van der Waals surface area (Å²) in [4.78, 5) is 19.3. The van der Waals surface area contributed by atoms with Gasteiger partial charge in [-0.25, -0.2) is 0 Å². The van der Waals surface area contributed by atoms with Gasteiger partial charge in [0.25, 0.3) is 0 Å². The lowest BCUT2D eigenvalue weighted by Crippen LogP contribution is -2.49. The van der Waals surface area contributed by atoms with E-state index in [0.29, 0.717) is 26.2 Å². The Hall–Kier alpha value is -2.96. The molecule has 1 N–H and O–H groups in total. The third-order valence-corrected chi connectivity index (χ3v) is 5.20. The van der Waals surface area contributed by atoms with E-state index in [4.69, 9.17) is 0 Å². The van der Waals surface area contributed by atoms with Gasteiger partial charge < -0.3 is 14.8 Å². The number of H-pyrrole nitrogens is 1.